The summed E-state index contributed by atoms with van der Waals surface area (Å²) in [4.78, 5) is 20.6. The first-order valence-corrected chi connectivity index (χ1v) is 11.3. The number of hydrogen-bond acceptors (Lipinski definition) is 8. The zero-order valence-corrected chi connectivity index (χ0v) is 17.6. The van der Waals surface area contributed by atoms with Gasteiger partial charge in [-0.05, 0) is 47.7 Å². The molecule has 0 atom stereocenters. The van der Waals surface area contributed by atoms with E-state index in [2.05, 4.69) is 15.1 Å². The molecule has 2 aliphatic heterocycles. The van der Waals surface area contributed by atoms with Crippen LogP contribution in [0.1, 0.15) is 11.1 Å². The molecule has 0 aliphatic carbocycles. The van der Waals surface area contributed by atoms with Gasteiger partial charge in [-0.2, -0.15) is 23.5 Å². The number of nitrogens with zero attached hydrogens (tertiary/aromatic N) is 4. The zero-order valence-electron chi connectivity index (χ0n) is 15.2. The minimum atomic E-state index is -3.73. The number of carbonyl (C=O) groups excluding carboxylic acids is 1. The van der Waals surface area contributed by atoms with Crippen molar-refractivity contribution < 1.29 is 17.4 Å². The SMILES string of the molecule is CS(=O)(=O)Oc1ccc(/C=C2\C(=N)N3N=C(c4cccnc4)SC3=NC2=O)cc1Cl. The summed E-state index contributed by atoms with van der Waals surface area (Å²) < 4.78 is 27.3. The van der Waals surface area contributed by atoms with Crippen LogP contribution in [0.2, 0.25) is 5.02 Å². The number of nitrogens with one attached hydrogen (secondary N) is 1. The first-order valence-electron chi connectivity index (χ1n) is 8.31. The molecule has 1 aromatic heterocycles. The molecule has 0 spiro atoms. The number of pyridine rings is 1. The van der Waals surface area contributed by atoms with Gasteiger partial charge in [0.2, 0.25) is 5.17 Å². The highest BCUT2D eigenvalue weighted by molar-refractivity contribution is 8.27. The molecule has 2 aliphatic rings. The van der Waals surface area contributed by atoms with Crippen molar-refractivity contribution in [2.75, 3.05) is 6.26 Å². The van der Waals surface area contributed by atoms with Gasteiger partial charge in [0.25, 0.3) is 5.91 Å². The minimum absolute atomic E-state index is 0.0170. The van der Waals surface area contributed by atoms with Crippen molar-refractivity contribution in [3.8, 4) is 5.75 Å². The molecule has 1 amide bonds. The van der Waals surface area contributed by atoms with Crippen LogP contribution in [0, 0.1) is 5.41 Å². The highest BCUT2D eigenvalue weighted by Gasteiger charge is 2.36. The van der Waals surface area contributed by atoms with Gasteiger partial charge in [-0.15, -0.1) is 0 Å². The molecule has 30 heavy (non-hydrogen) atoms. The lowest BCUT2D eigenvalue weighted by Gasteiger charge is -2.20. The first-order chi connectivity index (χ1) is 14.2. The molecular formula is C18H12ClN5O4S2. The van der Waals surface area contributed by atoms with Crippen molar-refractivity contribution in [1.29, 1.82) is 5.41 Å². The predicted octanol–water partition coefficient (Wildman–Crippen LogP) is 2.74. The number of fused-ring (bicyclic) bond motifs is 1. The molecule has 1 aromatic carbocycles. The average Bonchev–Trinajstić information content (AvgIpc) is 3.11. The Morgan fingerprint density at radius 1 is 1.30 bits per heavy atom. The summed E-state index contributed by atoms with van der Waals surface area (Å²) >= 11 is 7.25. The smallest absolute Gasteiger partial charge is 0.306 e. The molecule has 3 heterocycles. The van der Waals surface area contributed by atoms with E-state index in [0.29, 0.717) is 10.6 Å². The fourth-order valence-electron chi connectivity index (χ4n) is 2.60. The fourth-order valence-corrected chi connectivity index (χ4v) is 4.23. The topological polar surface area (TPSA) is 125 Å². The van der Waals surface area contributed by atoms with E-state index in [9.17, 15) is 13.2 Å². The Hall–Kier alpha value is -3.02. The Morgan fingerprint density at radius 3 is 2.77 bits per heavy atom. The number of thioether (sulfide) groups is 1. The third-order valence-electron chi connectivity index (χ3n) is 3.87. The van der Waals surface area contributed by atoms with Crippen molar-refractivity contribution in [3.63, 3.8) is 0 Å². The number of aromatic nitrogens is 1. The minimum Gasteiger partial charge on any atom is -0.381 e. The molecule has 0 saturated heterocycles. The summed E-state index contributed by atoms with van der Waals surface area (Å²) in [7, 11) is -3.73. The normalized spacial score (nSPS) is 17.7. The maximum Gasteiger partial charge on any atom is 0.306 e. The van der Waals surface area contributed by atoms with Crippen LogP contribution < -0.4 is 4.18 Å². The number of amides is 1. The van der Waals surface area contributed by atoms with E-state index in [1.54, 1.807) is 18.5 Å². The summed E-state index contributed by atoms with van der Waals surface area (Å²) in [6, 6.07) is 7.90. The zero-order chi connectivity index (χ0) is 21.5. The lowest BCUT2D eigenvalue weighted by atomic mass is 10.1. The molecule has 0 fully saturated rings. The third-order valence-corrected chi connectivity index (χ3v) is 5.61. The molecular weight excluding hydrogens is 450 g/mol. The molecule has 4 rings (SSSR count). The van der Waals surface area contributed by atoms with Crippen LogP contribution in [0.4, 0.5) is 0 Å². The molecule has 9 nitrogen and oxygen atoms in total. The highest BCUT2D eigenvalue weighted by atomic mass is 35.5. The summed E-state index contributed by atoms with van der Waals surface area (Å²) in [5.74, 6) is -0.758. The van der Waals surface area contributed by atoms with Crippen LogP contribution >= 0.6 is 23.4 Å². The summed E-state index contributed by atoms with van der Waals surface area (Å²) in [6.45, 7) is 0. The molecule has 0 saturated carbocycles. The molecule has 152 valence electrons. The van der Waals surface area contributed by atoms with Crippen molar-refractivity contribution in [3.05, 3.63) is 64.4 Å². The van der Waals surface area contributed by atoms with E-state index >= 15 is 0 Å². The van der Waals surface area contributed by atoms with Gasteiger partial charge in [0.15, 0.2) is 11.6 Å². The van der Waals surface area contributed by atoms with E-state index in [1.807, 2.05) is 6.07 Å². The van der Waals surface area contributed by atoms with Crippen molar-refractivity contribution in [2.45, 2.75) is 0 Å². The first kappa shape index (κ1) is 20.3. The lowest BCUT2D eigenvalue weighted by Crippen LogP contribution is -2.35. The molecule has 1 N–H and O–H groups in total. The Bertz CT molecular complexity index is 1270. The maximum atomic E-state index is 12.5. The second kappa shape index (κ2) is 7.67. The second-order valence-electron chi connectivity index (χ2n) is 6.14. The van der Waals surface area contributed by atoms with E-state index in [4.69, 9.17) is 21.2 Å². The summed E-state index contributed by atoms with van der Waals surface area (Å²) in [5, 5.41) is 15.0. The predicted molar refractivity (Wildman–Crippen MR) is 115 cm³/mol. The van der Waals surface area contributed by atoms with E-state index < -0.39 is 16.0 Å². The van der Waals surface area contributed by atoms with Crippen LogP contribution in [0.3, 0.4) is 0 Å². The third kappa shape index (κ3) is 4.13. The number of amidine groups is 2. The molecule has 0 unspecified atom stereocenters. The number of rotatable bonds is 4. The van der Waals surface area contributed by atoms with Crippen molar-refractivity contribution in [1.82, 2.24) is 9.99 Å². The van der Waals surface area contributed by atoms with Gasteiger partial charge in [-0.1, -0.05) is 17.7 Å². The number of carbonyl (C=O) groups is 1. The van der Waals surface area contributed by atoms with Gasteiger partial charge in [0.1, 0.15) is 5.04 Å². The van der Waals surface area contributed by atoms with Gasteiger partial charge >= 0.3 is 10.1 Å². The van der Waals surface area contributed by atoms with Gasteiger partial charge in [0.05, 0.1) is 16.9 Å². The highest BCUT2D eigenvalue weighted by Crippen LogP contribution is 2.32. The summed E-state index contributed by atoms with van der Waals surface area (Å²) in [6.07, 6.45) is 5.61. The quantitative estimate of drug-likeness (QED) is 0.548. The van der Waals surface area contributed by atoms with Crippen LogP contribution in [0.5, 0.6) is 5.75 Å². The standard InChI is InChI=1S/C18H12ClN5O4S2/c1-30(26,27)28-14-5-4-10(8-13(14)19)7-12-15(20)24-18(22-16(12)25)29-17(23-24)11-3-2-6-21-9-11/h2-9,20H,1H3/b12-7+,20-15?. The number of benzene rings is 1. The van der Waals surface area contributed by atoms with Gasteiger partial charge in [0, 0.05) is 18.0 Å². The van der Waals surface area contributed by atoms with Crippen LogP contribution in [0.25, 0.3) is 6.08 Å². The average molecular weight is 462 g/mol. The molecule has 12 heteroatoms. The number of halogens is 1. The van der Waals surface area contributed by atoms with Crippen LogP contribution in [-0.2, 0) is 14.9 Å². The number of hydrazone groups is 1. The maximum absolute atomic E-state index is 12.5. The fraction of sp³-hybridized carbons (Fsp3) is 0.0556. The van der Waals surface area contributed by atoms with Crippen LogP contribution in [0.15, 0.2) is 58.4 Å². The molecule has 0 radical (unpaired) electrons. The Balaban J connectivity index is 1.64. The largest absolute Gasteiger partial charge is 0.381 e. The van der Waals surface area contributed by atoms with E-state index in [0.717, 1.165) is 11.8 Å². The van der Waals surface area contributed by atoms with E-state index in [-0.39, 0.29) is 27.3 Å². The molecule has 0 bridgehead atoms. The molecule has 2 aromatic rings. The Labute approximate surface area is 180 Å². The van der Waals surface area contributed by atoms with Gasteiger partial charge < -0.3 is 4.18 Å². The summed E-state index contributed by atoms with van der Waals surface area (Å²) in [5.41, 5.74) is 1.23. The number of hydrogen-bond donors (Lipinski definition) is 1. The number of aliphatic imine (C=N–C) groups is 1. The Kier molecular flexibility index (Phi) is 5.18. The van der Waals surface area contributed by atoms with Gasteiger partial charge in [-0.3, -0.25) is 15.2 Å². The van der Waals surface area contributed by atoms with Crippen molar-refractivity contribution >= 4 is 61.5 Å². The van der Waals surface area contributed by atoms with Crippen LogP contribution in [-0.4, -0.2) is 46.6 Å². The second-order valence-corrected chi connectivity index (χ2v) is 9.08. The Morgan fingerprint density at radius 2 is 2.10 bits per heavy atom. The van der Waals surface area contributed by atoms with E-state index in [1.165, 1.54) is 41.0 Å². The van der Waals surface area contributed by atoms with Gasteiger partial charge in [-0.25, -0.2) is 0 Å². The lowest BCUT2D eigenvalue weighted by molar-refractivity contribution is -0.114. The monoisotopic (exact) mass is 461 g/mol. The van der Waals surface area contributed by atoms with Crippen molar-refractivity contribution in [2.24, 2.45) is 10.1 Å².